The number of amides is 5. The van der Waals surface area contributed by atoms with Gasteiger partial charge >= 0.3 is 0 Å². The summed E-state index contributed by atoms with van der Waals surface area (Å²) in [4.78, 5) is 67.8. The van der Waals surface area contributed by atoms with Crippen molar-refractivity contribution in [2.24, 2.45) is 40.9 Å². The molecule has 1 aliphatic carbocycles. The van der Waals surface area contributed by atoms with Gasteiger partial charge in [-0.05, 0) is 44.4 Å². The quantitative estimate of drug-likeness (QED) is 0.0675. The third kappa shape index (κ3) is 17.7. The Hall–Kier alpha value is -2.95. The minimum absolute atomic E-state index is 0.0280. The van der Waals surface area contributed by atoms with Gasteiger partial charge < -0.3 is 47.5 Å². The first-order chi connectivity index (χ1) is 25.4. The topological polar surface area (TPSA) is 221 Å². The molecule has 0 aliphatic heterocycles. The Balaban J connectivity index is 3.12. The van der Waals surface area contributed by atoms with Gasteiger partial charge in [0.1, 0.15) is 24.7 Å². The first-order valence-corrected chi connectivity index (χ1v) is 19.8. The first-order valence-electron chi connectivity index (χ1n) is 19.8. The summed E-state index contributed by atoms with van der Waals surface area (Å²) in [5.41, 5.74) is 16.1. The minimum Gasteiger partial charge on any atom is -0.375 e. The number of primary amides is 1. The predicted octanol–water partition coefficient (Wildman–Crippen LogP) is 2.60. The molecule has 1 rings (SSSR count). The van der Waals surface area contributed by atoms with Crippen LogP contribution in [0.4, 0.5) is 8.78 Å². The van der Waals surface area contributed by atoms with E-state index >= 15 is 0 Å². The predicted molar refractivity (Wildman–Crippen MR) is 204 cm³/mol. The van der Waals surface area contributed by atoms with Crippen LogP contribution in [-0.4, -0.2) is 111 Å². The molecule has 54 heavy (non-hydrogen) atoms. The molecular formula is C38H71F2N7O7. The molecule has 0 spiro atoms. The van der Waals surface area contributed by atoms with Crippen molar-refractivity contribution in [3.63, 3.8) is 0 Å². The van der Waals surface area contributed by atoms with Crippen LogP contribution < -0.4 is 33.2 Å². The average Bonchev–Trinajstić information content (AvgIpc) is 3.13. The van der Waals surface area contributed by atoms with Gasteiger partial charge in [-0.1, -0.05) is 79.6 Å². The van der Waals surface area contributed by atoms with Gasteiger partial charge in [0.15, 0.2) is 0 Å². The largest absolute Gasteiger partial charge is 0.375 e. The number of nitrogens with one attached hydrogen (secondary N) is 3. The molecule has 0 bridgehead atoms. The summed E-state index contributed by atoms with van der Waals surface area (Å²) in [5.74, 6) is -7.12. The summed E-state index contributed by atoms with van der Waals surface area (Å²) in [5, 5.41) is 8.37. The average molecular weight is 776 g/mol. The molecule has 314 valence electrons. The molecule has 0 aromatic rings. The summed E-state index contributed by atoms with van der Waals surface area (Å²) in [7, 11) is 1.59. The van der Waals surface area contributed by atoms with E-state index in [1.54, 1.807) is 27.8 Å². The van der Waals surface area contributed by atoms with Gasteiger partial charge in [0.2, 0.25) is 29.5 Å². The number of nitrogens with zero attached hydrogens (tertiary/aromatic N) is 1. The van der Waals surface area contributed by atoms with Crippen LogP contribution in [0.15, 0.2) is 0 Å². The second kappa shape index (κ2) is 25.3. The number of nitrogens with two attached hydrogens (primary N) is 3. The maximum atomic E-state index is 14.2. The summed E-state index contributed by atoms with van der Waals surface area (Å²) < 4.78 is 38.1. The summed E-state index contributed by atoms with van der Waals surface area (Å²) in [6.45, 7) is 9.07. The second-order valence-electron chi connectivity index (χ2n) is 15.6. The smallest absolute Gasteiger partial charge is 0.282 e. The monoisotopic (exact) mass is 776 g/mol. The van der Waals surface area contributed by atoms with Gasteiger partial charge in [0.05, 0.1) is 37.7 Å². The van der Waals surface area contributed by atoms with Crippen LogP contribution in [0.5, 0.6) is 0 Å². The molecule has 0 aromatic carbocycles. The van der Waals surface area contributed by atoms with E-state index < -0.39 is 78.9 Å². The van der Waals surface area contributed by atoms with Crippen LogP contribution in [0.1, 0.15) is 112 Å². The lowest BCUT2D eigenvalue weighted by Gasteiger charge is -2.36. The standard InChI is InChI=1S/C38H71F2N7O7/c1-8-9-10-14-17-31(54-21-26(5)44-34(49)25(4)20-53-23-38(39,40)22-42)27(6)37(52)47(7)30(18-24(2)3)35(50)46-32(28-15-12-11-13-16-28)36(51)45-29(19-41)33(43)48/h24-32H,8-23,41-42H2,1-7H3,(H2,43,48)(H,44,49)(H,45,51)(H,46,50)/t25-,26+,27+,29-,30-,31+,32-/m0/s1. The number of rotatable bonds is 27. The van der Waals surface area contributed by atoms with E-state index in [1.807, 2.05) is 13.8 Å². The summed E-state index contributed by atoms with van der Waals surface area (Å²) >= 11 is 0. The fourth-order valence-corrected chi connectivity index (χ4v) is 6.61. The molecule has 0 aromatic heterocycles. The third-order valence-corrected chi connectivity index (χ3v) is 10.1. The molecule has 7 atom stereocenters. The SMILES string of the molecule is CCCCCC[C@@H](OC[C@@H](C)NC(=O)[C@@H](C)COCC(F)(F)CN)[C@@H](C)C(=O)N(C)[C@@H](CC(C)C)C(=O)N[C@H](C(=O)N[C@@H](CN)C(N)=O)C1CCCCC1. The lowest BCUT2D eigenvalue weighted by atomic mass is 9.83. The van der Waals surface area contributed by atoms with E-state index in [4.69, 9.17) is 26.7 Å². The number of carbonyl (C=O) groups excluding carboxylic acids is 5. The highest BCUT2D eigenvalue weighted by Gasteiger charge is 2.38. The number of hydrogen-bond acceptors (Lipinski definition) is 9. The Morgan fingerprint density at radius 1 is 0.870 bits per heavy atom. The van der Waals surface area contributed by atoms with Crippen molar-refractivity contribution in [2.45, 2.75) is 148 Å². The Kier molecular flexibility index (Phi) is 22.9. The van der Waals surface area contributed by atoms with Gasteiger partial charge in [0, 0.05) is 19.6 Å². The maximum absolute atomic E-state index is 14.2. The van der Waals surface area contributed by atoms with Crippen LogP contribution in [0.25, 0.3) is 0 Å². The molecule has 0 unspecified atom stereocenters. The van der Waals surface area contributed by atoms with Crippen LogP contribution in [0, 0.1) is 23.7 Å². The van der Waals surface area contributed by atoms with E-state index in [1.165, 1.54) is 4.90 Å². The number of hydrogen-bond donors (Lipinski definition) is 6. The minimum atomic E-state index is -3.17. The maximum Gasteiger partial charge on any atom is 0.282 e. The Bertz CT molecular complexity index is 1160. The van der Waals surface area contributed by atoms with E-state index in [0.29, 0.717) is 12.8 Å². The normalized spacial score (nSPS) is 17.8. The van der Waals surface area contributed by atoms with Crippen molar-refractivity contribution >= 4 is 29.5 Å². The third-order valence-electron chi connectivity index (χ3n) is 10.1. The van der Waals surface area contributed by atoms with Gasteiger partial charge in [-0.3, -0.25) is 24.0 Å². The van der Waals surface area contributed by atoms with Crippen LogP contribution in [0.3, 0.4) is 0 Å². The fraction of sp³-hybridized carbons (Fsp3) is 0.868. The van der Waals surface area contributed by atoms with Crippen molar-refractivity contribution < 1.29 is 42.2 Å². The Morgan fingerprint density at radius 2 is 1.52 bits per heavy atom. The second-order valence-corrected chi connectivity index (χ2v) is 15.6. The molecule has 0 radical (unpaired) electrons. The summed E-state index contributed by atoms with van der Waals surface area (Å²) in [6, 6.07) is -3.37. The van der Waals surface area contributed by atoms with Gasteiger partial charge in [-0.15, -0.1) is 0 Å². The van der Waals surface area contributed by atoms with Crippen molar-refractivity contribution in [2.75, 3.05) is 40.0 Å². The number of alkyl halides is 2. The molecule has 0 heterocycles. The number of ether oxygens (including phenoxy) is 2. The van der Waals surface area contributed by atoms with Crippen molar-refractivity contribution in [1.82, 2.24) is 20.9 Å². The van der Waals surface area contributed by atoms with Crippen LogP contribution in [-0.2, 0) is 33.4 Å². The molecule has 1 aliphatic rings. The molecule has 1 fully saturated rings. The summed E-state index contributed by atoms with van der Waals surface area (Å²) in [6.07, 6.45) is 8.47. The van der Waals surface area contributed by atoms with Crippen LogP contribution in [0.2, 0.25) is 0 Å². The highest BCUT2D eigenvalue weighted by atomic mass is 19.3. The molecule has 0 saturated heterocycles. The van der Waals surface area contributed by atoms with E-state index in [9.17, 15) is 32.8 Å². The molecule has 9 N–H and O–H groups in total. The molecule has 16 heteroatoms. The van der Waals surface area contributed by atoms with Crippen LogP contribution >= 0.6 is 0 Å². The van der Waals surface area contributed by atoms with Gasteiger partial charge in [-0.25, -0.2) is 8.78 Å². The van der Waals surface area contributed by atoms with Gasteiger partial charge in [0.25, 0.3) is 5.92 Å². The number of carbonyl (C=O) groups is 5. The molecular weight excluding hydrogens is 704 g/mol. The van der Waals surface area contributed by atoms with E-state index in [-0.39, 0.29) is 43.4 Å². The highest BCUT2D eigenvalue weighted by Crippen LogP contribution is 2.28. The lowest BCUT2D eigenvalue weighted by Crippen LogP contribution is -2.60. The zero-order valence-corrected chi connectivity index (χ0v) is 33.8. The van der Waals surface area contributed by atoms with Crippen molar-refractivity contribution in [3.8, 4) is 0 Å². The molecule has 14 nitrogen and oxygen atoms in total. The van der Waals surface area contributed by atoms with Crippen molar-refractivity contribution in [1.29, 1.82) is 0 Å². The van der Waals surface area contributed by atoms with Gasteiger partial charge in [-0.2, -0.15) is 0 Å². The van der Waals surface area contributed by atoms with E-state index in [2.05, 4.69) is 22.9 Å². The molecule has 5 amide bonds. The van der Waals surface area contributed by atoms with E-state index in [0.717, 1.165) is 57.8 Å². The first kappa shape index (κ1) is 49.1. The Morgan fingerprint density at radius 3 is 2.07 bits per heavy atom. The zero-order valence-electron chi connectivity index (χ0n) is 33.8. The zero-order chi connectivity index (χ0) is 41.0. The number of halogens is 2. The number of likely N-dealkylation sites (N-methyl/N-ethyl adjacent to an activating group) is 1. The highest BCUT2D eigenvalue weighted by molar-refractivity contribution is 5.94. The lowest BCUT2D eigenvalue weighted by molar-refractivity contribution is -0.147. The Labute approximate surface area is 321 Å². The molecule has 1 saturated carbocycles. The van der Waals surface area contributed by atoms with Crippen molar-refractivity contribution in [3.05, 3.63) is 0 Å². The fourth-order valence-electron chi connectivity index (χ4n) is 6.61. The number of unbranched alkanes of at least 4 members (excludes halogenated alkanes) is 3.